The van der Waals surface area contributed by atoms with Crippen molar-refractivity contribution in [3.8, 4) is 0 Å². The van der Waals surface area contributed by atoms with Crippen LogP contribution >= 0.6 is 0 Å². The minimum Gasteiger partial charge on any atom is -0.394 e. The Labute approximate surface area is 197 Å². The molecule has 176 valence electrons. The van der Waals surface area contributed by atoms with E-state index in [2.05, 4.69) is 15.0 Å². The third-order valence-electron chi connectivity index (χ3n) is 5.96. The fourth-order valence-electron chi connectivity index (χ4n) is 4.26. The number of anilines is 1. The van der Waals surface area contributed by atoms with Gasteiger partial charge in [0.2, 0.25) is 0 Å². The Morgan fingerprint density at radius 2 is 1.47 bits per heavy atom. The first-order valence-electron chi connectivity index (χ1n) is 11.2. The number of benzene rings is 2. The maximum Gasteiger partial charge on any atom is 0.165 e. The highest BCUT2D eigenvalue weighted by Gasteiger charge is 2.46. The second-order valence-electron chi connectivity index (χ2n) is 8.25. The fourth-order valence-corrected chi connectivity index (χ4v) is 4.26. The number of aliphatic hydroxyl groups is 1. The van der Waals surface area contributed by atoms with E-state index in [9.17, 15) is 5.11 Å². The summed E-state index contributed by atoms with van der Waals surface area (Å²) in [7, 11) is 0. The molecular weight excluding hydrogens is 434 g/mol. The van der Waals surface area contributed by atoms with Gasteiger partial charge in [-0.1, -0.05) is 60.7 Å². The van der Waals surface area contributed by atoms with Crippen molar-refractivity contribution in [3.63, 3.8) is 0 Å². The van der Waals surface area contributed by atoms with E-state index < -0.39 is 24.4 Å². The Morgan fingerprint density at radius 1 is 0.853 bits per heavy atom. The average molecular weight is 462 g/mol. The lowest BCUT2D eigenvalue weighted by Gasteiger charge is -2.25. The highest BCUT2D eigenvalue weighted by molar-refractivity contribution is 5.81. The van der Waals surface area contributed by atoms with Crippen molar-refractivity contribution < 1.29 is 19.3 Å². The Bertz CT molecular complexity index is 1200. The van der Waals surface area contributed by atoms with E-state index in [0.717, 1.165) is 11.1 Å². The molecule has 0 unspecified atom stereocenters. The molecule has 2 aromatic carbocycles. The number of aliphatic hydroxyl groups excluding tert-OH is 1. The van der Waals surface area contributed by atoms with Gasteiger partial charge >= 0.3 is 0 Å². The van der Waals surface area contributed by atoms with Crippen LogP contribution in [0.2, 0.25) is 0 Å². The summed E-state index contributed by atoms with van der Waals surface area (Å²) in [4.78, 5) is 12.7. The van der Waals surface area contributed by atoms with Crippen LogP contribution in [-0.4, -0.2) is 55.6 Å². The molecule has 1 fully saturated rings. The summed E-state index contributed by atoms with van der Waals surface area (Å²) in [6, 6.07) is 19.9. The summed E-state index contributed by atoms with van der Waals surface area (Å²) >= 11 is 0. The number of nitrogen functional groups attached to an aromatic ring is 1. The Hall–Kier alpha value is -3.37. The van der Waals surface area contributed by atoms with Crippen LogP contribution in [-0.2, 0) is 34.0 Å². The topological polar surface area (TPSA) is 118 Å². The summed E-state index contributed by atoms with van der Waals surface area (Å²) in [5.74, 6) is 0.324. The van der Waals surface area contributed by atoms with Gasteiger partial charge in [-0.2, -0.15) is 0 Å². The zero-order valence-electron chi connectivity index (χ0n) is 18.6. The monoisotopic (exact) mass is 461 g/mol. The summed E-state index contributed by atoms with van der Waals surface area (Å²) in [5.41, 5.74) is 9.18. The first-order valence-corrected chi connectivity index (χ1v) is 11.2. The number of fused-ring (bicyclic) bond motifs is 1. The van der Waals surface area contributed by atoms with E-state index in [1.54, 1.807) is 6.33 Å². The minimum absolute atomic E-state index is 0.180. The van der Waals surface area contributed by atoms with Crippen molar-refractivity contribution in [1.82, 2.24) is 19.5 Å². The largest absolute Gasteiger partial charge is 0.394 e. The molecule has 3 N–H and O–H groups in total. The van der Waals surface area contributed by atoms with E-state index in [1.807, 2.05) is 65.2 Å². The van der Waals surface area contributed by atoms with Crippen molar-refractivity contribution in [2.75, 3.05) is 12.3 Å². The zero-order valence-corrected chi connectivity index (χ0v) is 18.6. The van der Waals surface area contributed by atoms with E-state index in [4.69, 9.17) is 19.9 Å². The summed E-state index contributed by atoms with van der Waals surface area (Å²) in [6.45, 7) is 1.02. The van der Waals surface area contributed by atoms with Crippen molar-refractivity contribution in [1.29, 1.82) is 0 Å². The summed E-state index contributed by atoms with van der Waals surface area (Å²) in [5, 5.41) is 10.1. The van der Waals surface area contributed by atoms with Gasteiger partial charge in [0.05, 0.1) is 32.7 Å². The maximum atomic E-state index is 10.1. The van der Waals surface area contributed by atoms with Crippen molar-refractivity contribution >= 4 is 17.0 Å². The standard InChI is InChI=1S/C25H27N5O4/c26-24-21-25(28-15-27-24)30(16-29-21)11-19-22(32-13-17-7-3-1-4-8-17)23(20(12-31)34-19)33-14-18-9-5-2-6-10-18/h1-10,15-16,19-20,22-23,31H,11-14H2,(H2,26,27,28)/t19-,20+,22-,23-/m1/s1. The molecule has 0 amide bonds. The molecule has 1 aliphatic heterocycles. The molecule has 1 aliphatic rings. The molecule has 0 aliphatic carbocycles. The van der Waals surface area contributed by atoms with Crippen LogP contribution in [0.5, 0.6) is 0 Å². The van der Waals surface area contributed by atoms with E-state index >= 15 is 0 Å². The van der Waals surface area contributed by atoms with Crippen LogP contribution in [0.25, 0.3) is 11.2 Å². The Kier molecular flexibility index (Phi) is 6.77. The second-order valence-corrected chi connectivity index (χ2v) is 8.25. The summed E-state index contributed by atoms with van der Waals surface area (Å²) in [6.07, 6.45) is 1.29. The number of aromatic nitrogens is 4. The van der Waals surface area contributed by atoms with Gasteiger partial charge in [-0.25, -0.2) is 15.0 Å². The molecule has 5 rings (SSSR count). The van der Waals surface area contributed by atoms with E-state index in [-0.39, 0.29) is 6.61 Å². The lowest BCUT2D eigenvalue weighted by molar-refractivity contribution is -0.0838. The molecule has 3 heterocycles. The first-order chi connectivity index (χ1) is 16.7. The maximum absolute atomic E-state index is 10.1. The number of hydrogen-bond acceptors (Lipinski definition) is 8. The van der Waals surface area contributed by atoms with E-state index in [1.165, 1.54) is 6.33 Å². The number of nitrogens with zero attached hydrogens (tertiary/aromatic N) is 4. The van der Waals surface area contributed by atoms with Gasteiger partial charge in [-0.05, 0) is 11.1 Å². The molecule has 34 heavy (non-hydrogen) atoms. The molecule has 0 saturated carbocycles. The molecule has 4 aromatic rings. The van der Waals surface area contributed by atoms with Crippen LogP contribution in [0.4, 0.5) is 5.82 Å². The summed E-state index contributed by atoms with van der Waals surface area (Å²) < 4.78 is 20.7. The van der Waals surface area contributed by atoms with Gasteiger partial charge in [-0.3, -0.25) is 0 Å². The molecule has 0 radical (unpaired) electrons. The molecule has 0 spiro atoms. The number of rotatable bonds is 9. The minimum atomic E-state index is -0.524. The number of hydrogen-bond donors (Lipinski definition) is 2. The molecule has 0 bridgehead atoms. The van der Waals surface area contributed by atoms with Gasteiger partial charge in [0.25, 0.3) is 0 Å². The van der Waals surface area contributed by atoms with Gasteiger partial charge in [0.1, 0.15) is 36.3 Å². The van der Waals surface area contributed by atoms with Crippen LogP contribution in [0.3, 0.4) is 0 Å². The SMILES string of the molecule is Nc1ncnc2c1ncn2C[C@H]1O[C@@H](CO)[C@@H](OCc2ccccc2)[C@@H]1OCc1ccccc1. The predicted molar refractivity (Wildman–Crippen MR) is 126 cm³/mol. The van der Waals surface area contributed by atoms with Crippen LogP contribution in [0, 0.1) is 0 Å². The average Bonchev–Trinajstić information content (AvgIpc) is 3.44. The highest BCUT2D eigenvalue weighted by atomic mass is 16.6. The lowest BCUT2D eigenvalue weighted by atomic mass is 10.1. The first kappa shape index (κ1) is 22.4. The molecular formula is C25H27N5O4. The van der Waals surface area contributed by atoms with Crippen LogP contribution in [0.15, 0.2) is 73.3 Å². The molecule has 9 heteroatoms. The second kappa shape index (κ2) is 10.3. The van der Waals surface area contributed by atoms with Gasteiger partial charge in [-0.15, -0.1) is 0 Å². The van der Waals surface area contributed by atoms with Crippen molar-refractivity contribution in [2.24, 2.45) is 0 Å². The molecule has 1 saturated heterocycles. The number of imidazole rings is 1. The van der Waals surface area contributed by atoms with Crippen molar-refractivity contribution in [3.05, 3.63) is 84.4 Å². The van der Waals surface area contributed by atoms with Gasteiger partial charge < -0.3 is 29.6 Å². The van der Waals surface area contributed by atoms with Gasteiger partial charge in [0, 0.05) is 0 Å². The molecule has 4 atom stereocenters. The number of nitrogens with two attached hydrogens (primary N) is 1. The Morgan fingerprint density at radius 3 is 2.09 bits per heavy atom. The van der Waals surface area contributed by atoms with E-state index in [0.29, 0.717) is 36.7 Å². The third kappa shape index (κ3) is 4.78. The highest BCUT2D eigenvalue weighted by Crippen LogP contribution is 2.30. The lowest BCUT2D eigenvalue weighted by Crippen LogP contribution is -2.39. The van der Waals surface area contributed by atoms with Crippen LogP contribution < -0.4 is 5.73 Å². The molecule has 2 aromatic heterocycles. The van der Waals surface area contributed by atoms with Crippen molar-refractivity contribution in [2.45, 2.75) is 44.2 Å². The third-order valence-corrected chi connectivity index (χ3v) is 5.96. The fraction of sp³-hybridized carbons (Fsp3) is 0.320. The zero-order chi connectivity index (χ0) is 23.3. The normalized spacial score (nSPS) is 22.4. The van der Waals surface area contributed by atoms with Crippen LogP contribution in [0.1, 0.15) is 11.1 Å². The smallest absolute Gasteiger partial charge is 0.165 e. The predicted octanol–water partition coefficient (Wildman–Crippen LogP) is 2.34. The quantitative estimate of drug-likeness (QED) is 0.390. The Balaban J connectivity index is 1.39. The number of ether oxygens (including phenoxy) is 3. The van der Waals surface area contributed by atoms with Gasteiger partial charge in [0.15, 0.2) is 11.5 Å². The molecule has 9 nitrogen and oxygen atoms in total.